The topological polar surface area (TPSA) is 34.9 Å². The Bertz CT molecular complexity index is 664. The van der Waals surface area contributed by atoms with Gasteiger partial charge in [0.1, 0.15) is 5.69 Å². The van der Waals surface area contributed by atoms with Gasteiger partial charge < -0.3 is 0 Å². The minimum Gasteiger partial charge on any atom is -0.287 e. The second-order valence-corrected chi connectivity index (χ2v) is 4.84. The number of aromatic nitrogens is 2. The van der Waals surface area contributed by atoms with Crippen molar-refractivity contribution in [2.75, 3.05) is 0 Å². The summed E-state index contributed by atoms with van der Waals surface area (Å²) >= 11 is 5.91. The minimum absolute atomic E-state index is 0.0183. The molecular formula is C14H12ClF3N2O. The van der Waals surface area contributed by atoms with Crippen LogP contribution in [0.4, 0.5) is 13.2 Å². The molecule has 0 unspecified atom stereocenters. The zero-order valence-corrected chi connectivity index (χ0v) is 11.9. The molecule has 0 spiro atoms. The Morgan fingerprint density at radius 3 is 2.62 bits per heavy atom. The smallest absolute Gasteiger partial charge is 0.287 e. The maximum atomic E-state index is 13.0. The Hall–Kier alpha value is -1.82. The van der Waals surface area contributed by atoms with Gasteiger partial charge in [-0.2, -0.15) is 18.3 Å². The molecule has 2 aromatic rings. The van der Waals surface area contributed by atoms with Crippen LogP contribution in [0.5, 0.6) is 0 Å². The molecule has 0 aliphatic rings. The Balaban J connectivity index is 2.54. The van der Waals surface area contributed by atoms with Crippen LogP contribution in [-0.2, 0) is 12.7 Å². The van der Waals surface area contributed by atoms with Crippen LogP contribution in [0.3, 0.4) is 0 Å². The highest BCUT2D eigenvalue weighted by atomic mass is 35.5. The second-order valence-electron chi connectivity index (χ2n) is 4.44. The van der Waals surface area contributed by atoms with Crippen molar-refractivity contribution in [3.63, 3.8) is 0 Å². The van der Waals surface area contributed by atoms with Gasteiger partial charge in [-0.15, -0.1) is 0 Å². The number of nitrogens with zero attached hydrogens (tertiary/aromatic N) is 2. The van der Waals surface area contributed by atoms with Crippen LogP contribution in [0, 0.1) is 0 Å². The SMILES string of the molecule is CCCn1ncc(Cl)c1C(=O)c1ccccc1C(F)(F)F. The molecule has 0 atom stereocenters. The van der Waals surface area contributed by atoms with Gasteiger partial charge >= 0.3 is 6.18 Å². The van der Waals surface area contributed by atoms with Crippen molar-refractivity contribution in [2.45, 2.75) is 26.1 Å². The molecule has 21 heavy (non-hydrogen) atoms. The van der Waals surface area contributed by atoms with Gasteiger partial charge in [-0.3, -0.25) is 9.48 Å². The fourth-order valence-electron chi connectivity index (χ4n) is 2.03. The van der Waals surface area contributed by atoms with Gasteiger partial charge in [0.2, 0.25) is 5.78 Å². The fourth-order valence-corrected chi connectivity index (χ4v) is 2.25. The van der Waals surface area contributed by atoms with Crippen molar-refractivity contribution in [2.24, 2.45) is 0 Å². The summed E-state index contributed by atoms with van der Waals surface area (Å²) in [6.45, 7) is 2.27. The Morgan fingerprint density at radius 2 is 2.00 bits per heavy atom. The molecule has 7 heteroatoms. The fraction of sp³-hybridized carbons (Fsp3) is 0.286. The summed E-state index contributed by atoms with van der Waals surface area (Å²) in [5, 5.41) is 3.97. The van der Waals surface area contributed by atoms with Gasteiger partial charge in [0.15, 0.2) is 0 Å². The van der Waals surface area contributed by atoms with Crippen LogP contribution in [0.25, 0.3) is 0 Å². The molecular weight excluding hydrogens is 305 g/mol. The van der Waals surface area contributed by atoms with Gasteiger partial charge in [-0.25, -0.2) is 0 Å². The van der Waals surface area contributed by atoms with Crippen molar-refractivity contribution in [3.8, 4) is 0 Å². The van der Waals surface area contributed by atoms with E-state index in [0.717, 1.165) is 12.1 Å². The molecule has 0 amide bonds. The molecule has 1 aromatic carbocycles. The van der Waals surface area contributed by atoms with Gasteiger partial charge in [-0.1, -0.05) is 36.7 Å². The number of ketones is 1. The van der Waals surface area contributed by atoms with E-state index in [-0.39, 0.29) is 10.7 Å². The average Bonchev–Trinajstić information content (AvgIpc) is 2.79. The van der Waals surface area contributed by atoms with E-state index in [1.54, 1.807) is 0 Å². The first-order valence-electron chi connectivity index (χ1n) is 6.28. The van der Waals surface area contributed by atoms with Crippen LogP contribution in [0.1, 0.15) is 35.0 Å². The highest BCUT2D eigenvalue weighted by Gasteiger charge is 2.36. The number of hydrogen-bond acceptors (Lipinski definition) is 2. The summed E-state index contributed by atoms with van der Waals surface area (Å²) in [7, 11) is 0. The summed E-state index contributed by atoms with van der Waals surface area (Å²) < 4.78 is 40.3. The number of alkyl halides is 3. The number of hydrogen-bond donors (Lipinski definition) is 0. The molecule has 0 aliphatic heterocycles. The number of aryl methyl sites for hydroxylation is 1. The second kappa shape index (κ2) is 5.89. The molecule has 112 valence electrons. The third-order valence-electron chi connectivity index (χ3n) is 2.92. The van der Waals surface area contributed by atoms with Crippen LogP contribution >= 0.6 is 11.6 Å². The zero-order valence-electron chi connectivity index (χ0n) is 11.1. The van der Waals surface area contributed by atoms with E-state index >= 15 is 0 Å². The average molecular weight is 317 g/mol. The van der Waals surface area contributed by atoms with E-state index < -0.39 is 23.1 Å². The normalized spacial score (nSPS) is 11.7. The maximum Gasteiger partial charge on any atom is 0.417 e. The number of benzene rings is 1. The summed E-state index contributed by atoms with van der Waals surface area (Å²) in [6, 6.07) is 4.65. The molecule has 0 bridgehead atoms. The van der Waals surface area contributed by atoms with Crippen LogP contribution < -0.4 is 0 Å². The van der Waals surface area contributed by atoms with Crippen molar-refractivity contribution >= 4 is 17.4 Å². The van der Waals surface area contributed by atoms with Crippen LogP contribution in [-0.4, -0.2) is 15.6 Å². The molecule has 0 saturated heterocycles. The number of halogens is 4. The van der Waals surface area contributed by atoms with E-state index in [1.165, 1.54) is 23.0 Å². The monoisotopic (exact) mass is 316 g/mol. The van der Waals surface area contributed by atoms with Crippen molar-refractivity contribution in [1.82, 2.24) is 9.78 Å². The Labute approximate surface area is 124 Å². The van der Waals surface area contributed by atoms with Gasteiger partial charge in [0.05, 0.1) is 16.8 Å². The third kappa shape index (κ3) is 3.10. The molecule has 1 heterocycles. The van der Waals surface area contributed by atoms with E-state index in [2.05, 4.69) is 5.10 Å². The molecule has 0 fully saturated rings. The van der Waals surface area contributed by atoms with Gasteiger partial charge in [0, 0.05) is 12.1 Å². The van der Waals surface area contributed by atoms with Gasteiger partial charge in [0.25, 0.3) is 0 Å². The molecule has 0 N–H and O–H groups in total. The highest BCUT2D eigenvalue weighted by Crippen LogP contribution is 2.33. The number of carbonyl (C=O) groups is 1. The summed E-state index contributed by atoms with van der Waals surface area (Å²) in [5.74, 6) is -0.779. The Kier molecular flexibility index (Phi) is 4.37. The number of rotatable bonds is 4. The van der Waals surface area contributed by atoms with Crippen molar-refractivity contribution < 1.29 is 18.0 Å². The van der Waals surface area contributed by atoms with Gasteiger partial charge in [-0.05, 0) is 12.5 Å². The van der Waals surface area contributed by atoms with E-state index in [1.807, 2.05) is 6.92 Å². The Morgan fingerprint density at radius 1 is 1.33 bits per heavy atom. The zero-order chi connectivity index (χ0) is 15.6. The molecule has 3 nitrogen and oxygen atoms in total. The van der Waals surface area contributed by atoms with Crippen molar-refractivity contribution in [1.29, 1.82) is 0 Å². The molecule has 0 saturated carbocycles. The summed E-state index contributed by atoms with van der Waals surface area (Å²) in [4.78, 5) is 12.4. The molecule has 0 radical (unpaired) electrons. The summed E-state index contributed by atoms with van der Waals surface area (Å²) in [5.41, 5.74) is -1.42. The molecule has 0 aliphatic carbocycles. The lowest BCUT2D eigenvalue weighted by molar-refractivity contribution is -0.137. The van der Waals surface area contributed by atoms with Crippen LogP contribution in [0.2, 0.25) is 5.02 Å². The predicted molar refractivity (Wildman–Crippen MR) is 72.4 cm³/mol. The first-order valence-corrected chi connectivity index (χ1v) is 6.66. The first kappa shape index (κ1) is 15.6. The predicted octanol–water partition coefficient (Wildman–Crippen LogP) is 4.20. The quantitative estimate of drug-likeness (QED) is 0.792. The van der Waals surface area contributed by atoms with Crippen molar-refractivity contribution in [3.05, 3.63) is 52.3 Å². The minimum atomic E-state index is -4.60. The standard InChI is InChI=1S/C14H12ClF3N2O/c1-2-7-20-12(11(15)8-19-20)13(21)9-5-3-4-6-10(9)14(16,17)18/h3-6,8H,2,7H2,1H3. The molecule has 2 rings (SSSR count). The lowest BCUT2D eigenvalue weighted by Gasteiger charge is -2.12. The lowest BCUT2D eigenvalue weighted by Crippen LogP contribution is -2.17. The van der Waals surface area contributed by atoms with E-state index in [4.69, 9.17) is 11.6 Å². The van der Waals surface area contributed by atoms with E-state index in [9.17, 15) is 18.0 Å². The maximum absolute atomic E-state index is 13.0. The van der Waals surface area contributed by atoms with E-state index in [0.29, 0.717) is 13.0 Å². The first-order chi connectivity index (χ1) is 9.86. The molecule has 1 aromatic heterocycles. The third-order valence-corrected chi connectivity index (χ3v) is 3.20. The summed E-state index contributed by atoms with van der Waals surface area (Å²) in [6.07, 6.45) is -2.66. The highest BCUT2D eigenvalue weighted by molar-refractivity contribution is 6.34. The lowest BCUT2D eigenvalue weighted by atomic mass is 10.0. The number of carbonyl (C=O) groups excluding carboxylic acids is 1. The van der Waals surface area contributed by atoms with Crippen LogP contribution in [0.15, 0.2) is 30.5 Å². The largest absolute Gasteiger partial charge is 0.417 e.